The topological polar surface area (TPSA) is 83.6 Å². The highest BCUT2D eigenvalue weighted by Gasteiger charge is 2.32. The Hall–Kier alpha value is -3.10. The molecule has 3 aromatic rings. The van der Waals surface area contributed by atoms with Gasteiger partial charge in [0.1, 0.15) is 5.37 Å². The van der Waals surface area contributed by atoms with Gasteiger partial charge >= 0.3 is 0 Å². The Balaban J connectivity index is 1.42. The van der Waals surface area contributed by atoms with Gasteiger partial charge < -0.3 is 10.2 Å². The van der Waals surface area contributed by atoms with Crippen LogP contribution in [0.4, 0.5) is 0 Å². The van der Waals surface area contributed by atoms with E-state index in [2.05, 4.69) is 5.32 Å². The van der Waals surface area contributed by atoms with E-state index in [1.807, 2.05) is 54.3 Å². The van der Waals surface area contributed by atoms with Crippen LogP contribution in [-0.2, 0) is 21.2 Å². The minimum Gasteiger partial charge on any atom is -0.346 e. The molecular weight excluding hydrogens is 468 g/mol. The highest BCUT2D eigenvalue weighted by atomic mass is 32.2. The fourth-order valence-electron chi connectivity index (χ4n) is 3.85. The Morgan fingerprint density at radius 1 is 1.03 bits per heavy atom. The third-order valence-corrected chi connectivity index (χ3v) is 8.16. The Labute approximate surface area is 204 Å². The van der Waals surface area contributed by atoms with Gasteiger partial charge in [0, 0.05) is 18.4 Å². The molecule has 0 aromatic heterocycles. The van der Waals surface area contributed by atoms with Crippen molar-refractivity contribution >= 4 is 33.4 Å². The number of carbonyl (C=O) groups excluding carboxylic acids is 2. The molecule has 2 unspecified atom stereocenters. The van der Waals surface area contributed by atoms with Crippen molar-refractivity contribution in [2.45, 2.75) is 29.8 Å². The molecule has 1 aliphatic heterocycles. The van der Waals surface area contributed by atoms with Gasteiger partial charge in [0.25, 0.3) is 5.91 Å². The third kappa shape index (κ3) is 5.51. The number of sulfone groups is 1. The molecule has 6 nitrogen and oxygen atoms in total. The summed E-state index contributed by atoms with van der Waals surface area (Å²) in [7, 11) is -3.26. The first kappa shape index (κ1) is 24.0. The second-order valence-corrected chi connectivity index (χ2v) is 11.4. The molecule has 8 heteroatoms. The maximum Gasteiger partial charge on any atom is 0.251 e. The Morgan fingerprint density at radius 2 is 1.68 bits per heavy atom. The van der Waals surface area contributed by atoms with Crippen molar-refractivity contribution in [3.8, 4) is 0 Å². The van der Waals surface area contributed by atoms with E-state index in [1.165, 1.54) is 0 Å². The summed E-state index contributed by atoms with van der Waals surface area (Å²) in [4.78, 5) is 27.4. The van der Waals surface area contributed by atoms with Gasteiger partial charge in [-0.2, -0.15) is 0 Å². The maximum atomic E-state index is 12.8. The zero-order valence-corrected chi connectivity index (χ0v) is 20.6. The average Bonchev–Trinajstić information content (AvgIpc) is 3.19. The largest absolute Gasteiger partial charge is 0.346 e. The molecule has 1 saturated heterocycles. The number of nitrogens with zero attached hydrogens (tertiary/aromatic N) is 1. The van der Waals surface area contributed by atoms with Gasteiger partial charge in [0.2, 0.25) is 5.91 Å². The molecule has 4 rings (SSSR count). The molecule has 2 atom stereocenters. The molecule has 1 heterocycles. The number of benzene rings is 3. The van der Waals surface area contributed by atoms with Crippen LogP contribution in [0.25, 0.3) is 0 Å². The van der Waals surface area contributed by atoms with Crippen LogP contribution in [0.1, 0.15) is 45.4 Å². The van der Waals surface area contributed by atoms with E-state index in [1.54, 1.807) is 48.2 Å². The summed E-state index contributed by atoms with van der Waals surface area (Å²) < 4.78 is 23.3. The molecule has 0 bridgehead atoms. The number of thioether (sulfide) groups is 1. The minimum absolute atomic E-state index is 0.0860. The van der Waals surface area contributed by atoms with Crippen molar-refractivity contribution < 1.29 is 18.0 Å². The van der Waals surface area contributed by atoms with Crippen LogP contribution < -0.4 is 5.32 Å². The Bertz CT molecular complexity index is 1270. The van der Waals surface area contributed by atoms with Crippen LogP contribution in [0.2, 0.25) is 0 Å². The summed E-state index contributed by atoms with van der Waals surface area (Å²) >= 11 is 1.59. The van der Waals surface area contributed by atoms with Gasteiger partial charge in [-0.15, -0.1) is 11.8 Å². The van der Waals surface area contributed by atoms with Crippen LogP contribution in [0.5, 0.6) is 0 Å². The lowest BCUT2D eigenvalue weighted by atomic mass is 10.1. The molecular formula is C26H26N2O4S2. The molecule has 0 spiro atoms. The fraction of sp³-hybridized carbons (Fsp3) is 0.231. The first-order valence-corrected chi connectivity index (χ1v) is 13.8. The molecule has 1 N–H and O–H groups in total. The average molecular weight is 495 g/mol. The van der Waals surface area contributed by atoms with E-state index >= 15 is 0 Å². The maximum absolute atomic E-state index is 12.8. The van der Waals surface area contributed by atoms with Gasteiger partial charge in [0.05, 0.1) is 16.7 Å². The predicted molar refractivity (Wildman–Crippen MR) is 134 cm³/mol. The van der Waals surface area contributed by atoms with Crippen molar-refractivity contribution in [1.29, 1.82) is 0 Å². The molecule has 2 amide bonds. The third-order valence-electron chi connectivity index (χ3n) is 5.78. The SMILES string of the molecule is CC(NC(=O)c1ccc(C2SCC(=O)N2Cc2ccccc2)cc1)c1ccc(S(C)(=O)=O)cc1. The monoisotopic (exact) mass is 494 g/mol. The first-order chi connectivity index (χ1) is 16.2. The summed E-state index contributed by atoms with van der Waals surface area (Å²) in [6, 6.07) is 23.5. The molecule has 176 valence electrons. The van der Waals surface area contributed by atoms with Crippen molar-refractivity contribution in [3.05, 3.63) is 101 Å². The number of hydrogen-bond acceptors (Lipinski definition) is 5. The standard InChI is InChI=1S/C26H26N2O4S2/c1-18(20-12-14-23(15-13-20)34(2,31)32)27-25(30)21-8-10-22(11-9-21)26-28(24(29)17-33-26)16-19-6-4-3-5-7-19/h3-15,18,26H,16-17H2,1-2H3,(H,27,30). The second-order valence-electron chi connectivity index (χ2n) is 8.33. The van der Waals surface area contributed by atoms with Crippen molar-refractivity contribution in [2.75, 3.05) is 12.0 Å². The lowest BCUT2D eigenvalue weighted by Gasteiger charge is -2.24. The lowest BCUT2D eigenvalue weighted by molar-refractivity contribution is -0.128. The van der Waals surface area contributed by atoms with Gasteiger partial charge in [-0.25, -0.2) is 8.42 Å². The Morgan fingerprint density at radius 3 is 2.29 bits per heavy atom. The second kappa shape index (κ2) is 10.0. The van der Waals surface area contributed by atoms with E-state index in [0.29, 0.717) is 17.9 Å². The molecule has 1 aliphatic rings. The number of rotatable bonds is 7. The minimum atomic E-state index is -3.26. The van der Waals surface area contributed by atoms with Crippen LogP contribution >= 0.6 is 11.8 Å². The van der Waals surface area contributed by atoms with E-state index in [4.69, 9.17) is 0 Å². The van der Waals surface area contributed by atoms with Gasteiger partial charge in [-0.05, 0) is 47.9 Å². The summed E-state index contributed by atoms with van der Waals surface area (Å²) in [5.74, 6) is 0.328. The van der Waals surface area contributed by atoms with Gasteiger partial charge in [-0.3, -0.25) is 9.59 Å². The van der Waals surface area contributed by atoms with Crippen LogP contribution in [0.3, 0.4) is 0 Å². The number of nitrogens with one attached hydrogen (secondary N) is 1. The molecule has 34 heavy (non-hydrogen) atoms. The molecule has 0 aliphatic carbocycles. The van der Waals surface area contributed by atoms with E-state index in [0.717, 1.165) is 22.9 Å². The van der Waals surface area contributed by atoms with Crippen molar-refractivity contribution in [1.82, 2.24) is 10.2 Å². The smallest absolute Gasteiger partial charge is 0.251 e. The van der Waals surface area contributed by atoms with Crippen LogP contribution in [0.15, 0.2) is 83.8 Å². The highest BCUT2D eigenvalue weighted by molar-refractivity contribution is 8.00. The summed E-state index contributed by atoms with van der Waals surface area (Å²) in [6.07, 6.45) is 1.16. The quantitative estimate of drug-likeness (QED) is 0.528. The number of amides is 2. The van der Waals surface area contributed by atoms with Gasteiger partial charge in [0.15, 0.2) is 9.84 Å². The van der Waals surface area contributed by atoms with Crippen LogP contribution in [0, 0.1) is 0 Å². The zero-order chi connectivity index (χ0) is 24.3. The predicted octanol–water partition coefficient (Wildman–Crippen LogP) is 4.36. The van der Waals surface area contributed by atoms with E-state index < -0.39 is 9.84 Å². The Kier molecular flexibility index (Phi) is 7.09. The van der Waals surface area contributed by atoms with Gasteiger partial charge in [-0.1, -0.05) is 54.6 Å². The summed E-state index contributed by atoms with van der Waals surface area (Å²) in [5, 5.41) is 2.86. The van der Waals surface area contributed by atoms with Crippen LogP contribution in [-0.4, -0.2) is 37.1 Å². The number of carbonyl (C=O) groups is 2. The fourth-order valence-corrected chi connectivity index (χ4v) is 5.67. The van der Waals surface area contributed by atoms with E-state index in [9.17, 15) is 18.0 Å². The number of hydrogen-bond donors (Lipinski definition) is 1. The van der Waals surface area contributed by atoms with Crippen molar-refractivity contribution in [2.24, 2.45) is 0 Å². The molecule has 0 radical (unpaired) electrons. The lowest BCUT2D eigenvalue weighted by Crippen LogP contribution is -2.28. The zero-order valence-electron chi connectivity index (χ0n) is 19.0. The summed E-state index contributed by atoms with van der Waals surface area (Å²) in [6.45, 7) is 2.40. The first-order valence-electron chi connectivity index (χ1n) is 10.9. The van der Waals surface area contributed by atoms with Crippen molar-refractivity contribution in [3.63, 3.8) is 0 Å². The molecule has 3 aromatic carbocycles. The summed E-state index contributed by atoms with van der Waals surface area (Å²) in [5.41, 5.74) is 3.40. The normalized spacial score (nSPS) is 16.9. The molecule has 1 fully saturated rings. The van der Waals surface area contributed by atoms with E-state index in [-0.39, 0.29) is 28.1 Å². The highest BCUT2D eigenvalue weighted by Crippen LogP contribution is 2.39. The molecule has 0 saturated carbocycles.